The Hall–Kier alpha value is -3.32. The summed E-state index contributed by atoms with van der Waals surface area (Å²) < 4.78 is 5.78. The Morgan fingerprint density at radius 2 is 1.78 bits per heavy atom. The monoisotopic (exact) mass is 361 g/mol. The molecular formula is C20H19N5O2. The van der Waals surface area contributed by atoms with Gasteiger partial charge in [0, 0.05) is 5.56 Å². The molecule has 0 radical (unpaired) electrons. The summed E-state index contributed by atoms with van der Waals surface area (Å²) in [6, 6.07) is 17.0. The van der Waals surface area contributed by atoms with Crippen molar-refractivity contribution in [3.05, 3.63) is 76.7 Å². The van der Waals surface area contributed by atoms with E-state index in [1.165, 1.54) is 0 Å². The molecule has 0 amide bonds. The molecule has 0 aliphatic rings. The summed E-state index contributed by atoms with van der Waals surface area (Å²) in [5.74, 6) is 1.64. The molecule has 0 aliphatic carbocycles. The molecule has 0 fully saturated rings. The van der Waals surface area contributed by atoms with Gasteiger partial charge >= 0.3 is 0 Å². The first-order valence-electron chi connectivity index (χ1n) is 8.81. The highest BCUT2D eigenvalue weighted by Gasteiger charge is 2.14. The van der Waals surface area contributed by atoms with Crippen LogP contribution in [-0.2, 0) is 13.1 Å². The van der Waals surface area contributed by atoms with Crippen LogP contribution in [0.4, 0.5) is 0 Å². The van der Waals surface area contributed by atoms with Gasteiger partial charge in [-0.25, -0.2) is 4.98 Å². The van der Waals surface area contributed by atoms with Crippen LogP contribution in [0.5, 0.6) is 0 Å². The summed E-state index contributed by atoms with van der Waals surface area (Å²) in [7, 11) is 0. The van der Waals surface area contributed by atoms with Crippen LogP contribution in [0, 0.1) is 0 Å². The molecule has 1 N–H and O–H groups in total. The summed E-state index contributed by atoms with van der Waals surface area (Å²) in [6.07, 6.45) is 0. The Balaban J connectivity index is 1.52. The largest absolute Gasteiger partial charge is 0.419 e. The van der Waals surface area contributed by atoms with Crippen LogP contribution in [0.25, 0.3) is 22.4 Å². The fraction of sp³-hybridized carbons (Fsp3) is 0.200. The average Bonchev–Trinajstić information content (AvgIpc) is 3.17. The van der Waals surface area contributed by atoms with E-state index in [1.54, 1.807) is 6.07 Å². The molecule has 2 aromatic heterocycles. The van der Waals surface area contributed by atoms with Crippen molar-refractivity contribution in [1.29, 1.82) is 0 Å². The maximum Gasteiger partial charge on any atom is 0.258 e. The zero-order chi connectivity index (χ0) is 18.6. The smallest absolute Gasteiger partial charge is 0.258 e. The van der Waals surface area contributed by atoms with Crippen molar-refractivity contribution in [2.24, 2.45) is 0 Å². The van der Waals surface area contributed by atoms with Gasteiger partial charge in [-0.15, -0.1) is 10.2 Å². The van der Waals surface area contributed by atoms with Gasteiger partial charge in [0.05, 0.1) is 24.0 Å². The predicted molar refractivity (Wildman–Crippen MR) is 102 cm³/mol. The van der Waals surface area contributed by atoms with E-state index in [9.17, 15) is 4.79 Å². The normalized spacial score (nSPS) is 11.3. The lowest BCUT2D eigenvalue weighted by Gasteiger charge is -2.17. The minimum atomic E-state index is -0.129. The summed E-state index contributed by atoms with van der Waals surface area (Å²) in [5, 5.41) is 8.85. The fourth-order valence-corrected chi connectivity index (χ4v) is 2.91. The van der Waals surface area contributed by atoms with Gasteiger partial charge in [0.1, 0.15) is 5.82 Å². The number of nitrogens with one attached hydrogen (secondary N) is 1. The number of hydrogen-bond donors (Lipinski definition) is 1. The van der Waals surface area contributed by atoms with Crippen LogP contribution < -0.4 is 5.56 Å². The van der Waals surface area contributed by atoms with Crippen LogP contribution in [-0.4, -0.2) is 31.6 Å². The molecule has 0 aliphatic heterocycles. The molecule has 4 aromatic rings. The Morgan fingerprint density at radius 1 is 1.00 bits per heavy atom. The number of nitrogens with zero attached hydrogens (tertiary/aromatic N) is 4. The first kappa shape index (κ1) is 17.1. The van der Waals surface area contributed by atoms with Gasteiger partial charge in [-0.3, -0.25) is 9.69 Å². The standard InChI is InChI=1S/C20H19N5O2/c1-2-25(12-17-21-16-11-7-6-10-15(16)19(26)22-17)13-18-23-24-20(27-18)14-8-4-3-5-9-14/h3-11H,2,12-13H2,1H3,(H,21,22,26). The number of para-hydroxylation sites is 1. The van der Waals surface area contributed by atoms with Crippen molar-refractivity contribution < 1.29 is 4.42 Å². The molecule has 4 rings (SSSR count). The first-order valence-corrected chi connectivity index (χ1v) is 8.81. The van der Waals surface area contributed by atoms with E-state index in [1.807, 2.05) is 55.5 Å². The molecule has 136 valence electrons. The molecule has 0 saturated heterocycles. The molecule has 0 bridgehead atoms. The Labute approximate surface area is 155 Å². The van der Waals surface area contributed by atoms with Crippen LogP contribution in [0.1, 0.15) is 18.6 Å². The predicted octanol–water partition coefficient (Wildman–Crippen LogP) is 3.00. The van der Waals surface area contributed by atoms with Crippen molar-refractivity contribution >= 4 is 10.9 Å². The highest BCUT2D eigenvalue weighted by Crippen LogP contribution is 2.18. The van der Waals surface area contributed by atoms with E-state index < -0.39 is 0 Å². The third kappa shape index (κ3) is 3.78. The van der Waals surface area contributed by atoms with E-state index in [2.05, 4.69) is 25.1 Å². The second-order valence-electron chi connectivity index (χ2n) is 6.20. The first-order chi connectivity index (χ1) is 13.2. The third-order valence-corrected chi connectivity index (χ3v) is 4.33. The Bertz CT molecular complexity index is 1100. The lowest BCUT2D eigenvalue weighted by atomic mass is 10.2. The SMILES string of the molecule is CCN(Cc1nc2ccccc2c(=O)[nH]1)Cc1nnc(-c2ccccc2)o1. The number of fused-ring (bicyclic) bond motifs is 1. The molecule has 2 aromatic carbocycles. The van der Waals surface area contributed by atoms with Crippen molar-refractivity contribution in [2.75, 3.05) is 6.54 Å². The number of benzene rings is 2. The van der Waals surface area contributed by atoms with Crippen LogP contribution in [0.3, 0.4) is 0 Å². The van der Waals surface area contributed by atoms with Crippen molar-refractivity contribution in [3.8, 4) is 11.5 Å². The highest BCUT2D eigenvalue weighted by atomic mass is 16.4. The summed E-state index contributed by atoms with van der Waals surface area (Å²) >= 11 is 0. The molecule has 7 heteroatoms. The van der Waals surface area contributed by atoms with E-state index in [-0.39, 0.29) is 5.56 Å². The highest BCUT2D eigenvalue weighted by molar-refractivity contribution is 5.77. The van der Waals surface area contributed by atoms with Gasteiger partial charge in [0.25, 0.3) is 5.56 Å². The van der Waals surface area contributed by atoms with Crippen molar-refractivity contribution in [1.82, 2.24) is 25.1 Å². The molecule has 0 spiro atoms. The summed E-state index contributed by atoms with van der Waals surface area (Å²) in [4.78, 5) is 21.7. The molecular weight excluding hydrogens is 342 g/mol. The van der Waals surface area contributed by atoms with Gasteiger partial charge in [-0.2, -0.15) is 0 Å². The van der Waals surface area contributed by atoms with Gasteiger partial charge in [-0.05, 0) is 30.8 Å². The maximum atomic E-state index is 12.2. The molecule has 0 unspecified atom stereocenters. The van der Waals surface area contributed by atoms with Gasteiger partial charge < -0.3 is 9.40 Å². The second-order valence-corrected chi connectivity index (χ2v) is 6.20. The lowest BCUT2D eigenvalue weighted by Crippen LogP contribution is -2.25. The van der Waals surface area contributed by atoms with E-state index in [4.69, 9.17) is 4.42 Å². The zero-order valence-electron chi connectivity index (χ0n) is 14.9. The maximum absolute atomic E-state index is 12.2. The number of aromatic amines is 1. The minimum absolute atomic E-state index is 0.129. The number of hydrogen-bond acceptors (Lipinski definition) is 6. The lowest BCUT2D eigenvalue weighted by molar-refractivity contribution is 0.238. The van der Waals surface area contributed by atoms with Gasteiger partial charge in [-0.1, -0.05) is 37.3 Å². The van der Waals surface area contributed by atoms with Crippen LogP contribution >= 0.6 is 0 Å². The van der Waals surface area contributed by atoms with Gasteiger partial charge in [0.15, 0.2) is 0 Å². The Morgan fingerprint density at radius 3 is 2.59 bits per heavy atom. The zero-order valence-corrected chi connectivity index (χ0v) is 14.9. The van der Waals surface area contributed by atoms with Crippen LogP contribution in [0.15, 0.2) is 63.8 Å². The number of H-pyrrole nitrogens is 1. The van der Waals surface area contributed by atoms with Crippen LogP contribution in [0.2, 0.25) is 0 Å². The average molecular weight is 361 g/mol. The summed E-state index contributed by atoms with van der Waals surface area (Å²) in [6.45, 7) is 3.75. The molecule has 27 heavy (non-hydrogen) atoms. The third-order valence-electron chi connectivity index (χ3n) is 4.33. The molecule has 2 heterocycles. The number of rotatable bonds is 6. The molecule has 7 nitrogen and oxygen atoms in total. The van der Waals surface area contributed by atoms with E-state index >= 15 is 0 Å². The van der Waals surface area contributed by atoms with Gasteiger partial charge in [0.2, 0.25) is 11.8 Å². The van der Waals surface area contributed by atoms with Crippen molar-refractivity contribution in [3.63, 3.8) is 0 Å². The molecule has 0 saturated carbocycles. The summed E-state index contributed by atoms with van der Waals surface area (Å²) in [5.41, 5.74) is 1.45. The topological polar surface area (TPSA) is 87.9 Å². The molecule has 0 atom stereocenters. The van der Waals surface area contributed by atoms with E-state index in [0.29, 0.717) is 41.6 Å². The number of aromatic nitrogens is 4. The van der Waals surface area contributed by atoms with E-state index in [0.717, 1.165) is 12.1 Å². The second kappa shape index (κ2) is 7.51. The fourth-order valence-electron chi connectivity index (χ4n) is 2.91. The van der Waals surface area contributed by atoms with Crippen molar-refractivity contribution in [2.45, 2.75) is 20.0 Å². The Kier molecular flexibility index (Phi) is 4.76. The quantitative estimate of drug-likeness (QED) is 0.568. The minimum Gasteiger partial charge on any atom is -0.419 e.